The summed E-state index contributed by atoms with van der Waals surface area (Å²) in [5, 5.41) is 14.2. The molecule has 0 spiro atoms. The van der Waals surface area contributed by atoms with Crippen LogP contribution >= 0.6 is 11.6 Å². The molecular formula is C19H12ClN3O2. The van der Waals surface area contributed by atoms with Crippen LogP contribution < -0.4 is 0 Å². The summed E-state index contributed by atoms with van der Waals surface area (Å²) in [4.78, 5) is 15.5. The Labute approximate surface area is 148 Å². The van der Waals surface area contributed by atoms with Crippen LogP contribution in [0, 0.1) is 0 Å². The summed E-state index contributed by atoms with van der Waals surface area (Å²) in [6.07, 6.45) is 2.91. The first-order chi connectivity index (χ1) is 12.1. The summed E-state index contributed by atoms with van der Waals surface area (Å²) in [5.41, 5.74) is 4.00. The van der Waals surface area contributed by atoms with E-state index in [2.05, 4.69) is 10.1 Å². The Morgan fingerprint density at radius 3 is 2.60 bits per heavy atom. The van der Waals surface area contributed by atoms with Crippen molar-refractivity contribution in [2.24, 2.45) is 0 Å². The van der Waals surface area contributed by atoms with Gasteiger partial charge in [-0.1, -0.05) is 48.0 Å². The van der Waals surface area contributed by atoms with Gasteiger partial charge in [0, 0.05) is 16.8 Å². The molecule has 0 aliphatic rings. The van der Waals surface area contributed by atoms with Gasteiger partial charge in [-0.3, -0.25) is 0 Å². The molecule has 0 fully saturated rings. The molecule has 0 aliphatic heterocycles. The zero-order valence-electron chi connectivity index (χ0n) is 12.9. The maximum Gasteiger partial charge on any atom is 0.341 e. The molecule has 122 valence electrons. The predicted octanol–water partition coefficient (Wildman–Crippen LogP) is 4.41. The highest BCUT2D eigenvalue weighted by atomic mass is 35.5. The third kappa shape index (κ3) is 2.64. The number of halogens is 1. The molecule has 2 heterocycles. The fraction of sp³-hybridized carbons (Fsp3) is 0. The van der Waals surface area contributed by atoms with E-state index in [9.17, 15) is 9.90 Å². The number of rotatable bonds is 3. The van der Waals surface area contributed by atoms with Crippen molar-refractivity contribution in [1.29, 1.82) is 0 Å². The number of hydrogen-bond acceptors (Lipinski definition) is 3. The summed E-state index contributed by atoms with van der Waals surface area (Å²) in [7, 11) is 0. The number of fused-ring (bicyclic) bond motifs is 1. The van der Waals surface area contributed by atoms with Gasteiger partial charge in [-0.25, -0.2) is 14.3 Å². The van der Waals surface area contributed by atoms with Crippen molar-refractivity contribution in [2.75, 3.05) is 0 Å². The maximum atomic E-state index is 11.3. The van der Waals surface area contributed by atoms with E-state index in [1.54, 1.807) is 10.7 Å². The van der Waals surface area contributed by atoms with Gasteiger partial charge in [0.25, 0.3) is 0 Å². The van der Waals surface area contributed by atoms with Crippen LogP contribution in [0.4, 0.5) is 0 Å². The molecule has 2 aromatic carbocycles. The monoisotopic (exact) mass is 349 g/mol. The molecule has 0 bridgehead atoms. The van der Waals surface area contributed by atoms with E-state index in [4.69, 9.17) is 11.6 Å². The van der Waals surface area contributed by atoms with E-state index in [0.29, 0.717) is 10.7 Å². The number of aromatic carboxylic acids is 1. The molecule has 0 saturated heterocycles. The molecule has 1 N–H and O–H groups in total. The average Bonchev–Trinajstić information content (AvgIpc) is 3.06. The Hall–Kier alpha value is -3.18. The van der Waals surface area contributed by atoms with Crippen LogP contribution in [-0.2, 0) is 0 Å². The largest absolute Gasteiger partial charge is 0.477 e. The summed E-state index contributed by atoms with van der Waals surface area (Å²) in [6.45, 7) is 0. The van der Waals surface area contributed by atoms with Gasteiger partial charge in [0.05, 0.1) is 11.9 Å². The molecule has 6 heteroatoms. The van der Waals surface area contributed by atoms with E-state index in [0.717, 1.165) is 22.4 Å². The van der Waals surface area contributed by atoms with E-state index in [-0.39, 0.29) is 5.56 Å². The normalized spacial score (nSPS) is 10.9. The zero-order valence-corrected chi connectivity index (χ0v) is 13.7. The van der Waals surface area contributed by atoms with Crippen molar-refractivity contribution in [3.63, 3.8) is 0 Å². The Balaban J connectivity index is 1.98. The number of carbonyl (C=O) groups is 1. The first-order valence-electron chi connectivity index (χ1n) is 7.56. The topological polar surface area (TPSA) is 67.5 Å². The minimum atomic E-state index is -1.05. The fourth-order valence-corrected chi connectivity index (χ4v) is 3.05. The maximum absolute atomic E-state index is 11.3. The van der Waals surface area contributed by atoms with E-state index in [1.165, 1.54) is 6.20 Å². The third-order valence-electron chi connectivity index (χ3n) is 3.97. The average molecular weight is 350 g/mol. The van der Waals surface area contributed by atoms with Crippen LogP contribution in [0.15, 0.2) is 67.0 Å². The summed E-state index contributed by atoms with van der Waals surface area (Å²) in [6, 6.07) is 17.2. The molecule has 0 aliphatic carbocycles. The van der Waals surface area contributed by atoms with E-state index in [1.807, 2.05) is 54.6 Å². The van der Waals surface area contributed by atoms with Gasteiger partial charge in [-0.2, -0.15) is 5.10 Å². The molecule has 5 nitrogen and oxygen atoms in total. The molecule has 4 aromatic rings. The Bertz CT molecular complexity index is 1100. The van der Waals surface area contributed by atoms with Gasteiger partial charge in [0.1, 0.15) is 5.56 Å². The predicted molar refractivity (Wildman–Crippen MR) is 95.8 cm³/mol. The van der Waals surface area contributed by atoms with Crippen molar-refractivity contribution in [3.8, 4) is 22.4 Å². The number of aromatic nitrogens is 3. The molecule has 0 saturated carbocycles. The number of benzene rings is 2. The smallest absolute Gasteiger partial charge is 0.341 e. The minimum absolute atomic E-state index is 0.0714. The highest BCUT2D eigenvalue weighted by molar-refractivity contribution is 6.30. The Morgan fingerprint density at radius 2 is 1.84 bits per heavy atom. The Kier molecular flexibility index (Phi) is 3.71. The van der Waals surface area contributed by atoms with Crippen molar-refractivity contribution >= 4 is 23.2 Å². The first kappa shape index (κ1) is 15.4. The van der Waals surface area contributed by atoms with Gasteiger partial charge in [-0.15, -0.1) is 0 Å². The van der Waals surface area contributed by atoms with Gasteiger partial charge in [0.15, 0.2) is 5.65 Å². The second kappa shape index (κ2) is 6.03. The van der Waals surface area contributed by atoms with Crippen LogP contribution in [0.2, 0.25) is 5.02 Å². The molecule has 0 radical (unpaired) electrons. The molecule has 2 aromatic heterocycles. The van der Waals surface area contributed by atoms with Crippen LogP contribution in [-0.4, -0.2) is 25.7 Å². The van der Waals surface area contributed by atoms with Crippen molar-refractivity contribution < 1.29 is 9.90 Å². The number of hydrogen-bond donors (Lipinski definition) is 1. The van der Waals surface area contributed by atoms with Gasteiger partial charge < -0.3 is 5.11 Å². The van der Waals surface area contributed by atoms with E-state index < -0.39 is 5.97 Å². The molecule has 0 amide bonds. The lowest BCUT2D eigenvalue weighted by Crippen LogP contribution is -2.00. The SMILES string of the molecule is O=C(O)c1cnn2c(-c3ccccc3-c3cccc(Cl)c3)ccnc12. The van der Waals surface area contributed by atoms with Crippen molar-refractivity contribution in [2.45, 2.75) is 0 Å². The van der Waals surface area contributed by atoms with Crippen LogP contribution in [0.1, 0.15) is 10.4 Å². The van der Waals surface area contributed by atoms with Gasteiger partial charge >= 0.3 is 5.97 Å². The zero-order chi connectivity index (χ0) is 17.4. The molecular weight excluding hydrogens is 338 g/mol. The lowest BCUT2D eigenvalue weighted by Gasteiger charge is -2.11. The quantitative estimate of drug-likeness (QED) is 0.594. The fourth-order valence-electron chi connectivity index (χ4n) is 2.86. The summed E-state index contributed by atoms with van der Waals surface area (Å²) in [5.74, 6) is -1.05. The number of nitrogens with zero attached hydrogens (tertiary/aromatic N) is 3. The van der Waals surface area contributed by atoms with Crippen LogP contribution in [0.5, 0.6) is 0 Å². The second-order valence-electron chi connectivity index (χ2n) is 5.48. The van der Waals surface area contributed by atoms with E-state index >= 15 is 0 Å². The lowest BCUT2D eigenvalue weighted by atomic mass is 9.97. The summed E-state index contributed by atoms with van der Waals surface area (Å²) < 4.78 is 1.55. The lowest BCUT2D eigenvalue weighted by molar-refractivity contribution is 0.0699. The first-order valence-corrected chi connectivity index (χ1v) is 7.94. The molecule has 25 heavy (non-hydrogen) atoms. The third-order valence-corrected chi connectivity index (χ3v) is 4.21. The van der Waals surface area contributed by atoms with Gasteiger partial charge in [0.2, 0.25) is 0 Å². The molecule has 0 unspecified atom stereocenters. The van der Waals surface area contributed by atoms with Crippen LogP contribution in [0.25, 0.3) is 28.0 Å². The Morgan fingerprint density at radius 1 is 1.04 bits per heavy atom. The molecule has 4 rings (SSSR count). The number of carboxylic acid groups (broad SMARTS) is 1. The van der Waals surface area contributed by atoms with Crippen LogP contribution in [0.3, 0.4) is 0 Å². The standard InChI is InChI=1S/C19H12ClN3O2/c20-13-5-3-4-12(10-13)14-6-1-2-7-15(14)17-8-9-21-18-16(19(24)25)11-22-23(17)18/h1-11H,(H,24,25). The van der Waals surface area contributed by atoms with Crippen molar-refractivity contribution in [1.82, 2.24) is 14.6 Å². The highest BCUT2D eigenvalue weighted by Crippen LogP contribution is 2.33. The summed E-state index contributed by atoms with van der Waals surface area (Å²) >= 11 is 6.13. The van der Waals surface area contributed by atoms with Gasteiger partial charge in [-0.05, 0) is 29.3 Å². The molecule has 0 atom stereocenters. The number of carboxylic acids is 1. The minimum Gasteiger partial charge on any atom is -0.477 e. The highest BCUT2D eigenvalue weighted by Gasteiger charge is 2.16. The van der Waals surface area contributed by atoms with Crippen molar-refractivity contribution in [3.05, 3.63) is 77.6 Å². The second-order valence-corrected chi connectivity index (χ2v) is 5.92.